The third-order valence-corrected chi connectivity index (χ3v) is 5.23. The molecule has 2 saturated heterocycles. The second-order valence-corrected chi connectivity index (χ2v) is 7.81. The monoisotopic (exact) mass is 499 g/mol. The molecule has 1 atom stereocenters. The highest BCUT2D eigenvalue weighted by atomic mass is 19.4. The largest absolute Gasteiger partial charge is 0.490 e. The van der Waals surface area contributed by atoms with Crippen molar-refractivity contribution in [3.8, 4) is 11.5 Å². The summed E-state index contributed by atoms with van der Waals surface area (Å²) >= 11 is 0. The Balaban J connectivity index is 0.000000406. The smallest absolute Gasteiger partial charge is 0.475 e. The number of ether oxygens (including phenoxy) is 1. The summed E-state index contributed by atoms with van der Waals surface area (Å²) in [5.74, 6) is -4.03. The molecule has 2 fully saturated rings. The fraction of sp³-hybridized carbons (Fsp3) is 0.500. The zero-order valence-corrected chi connectivity index (χ0v) is 17.5. The van der Waals surface area contributed by atoms with E-state index in [2.05, 4.69) is 15.2 Å². The van der Waals surface area contributed by atoms with Gasteiger partial charge in [0.15, 0.2) is 0 Å². The molecule has 14 heteroatoms. The molecule has 0 bridgehead atoms. The van der Waals surface area contributed by atoms with Crippen LogP contribution in [0.15, 0.2) is 28.9 Å². The van der Waals surface area contributed by atoms with Crippen molar-refractivity contribution in [1.29, 1.82) is 0 Å². The maximum atomic E-state index is 13.4. The number of carboxylic acids is 1. The van der Waals surface area contributed by atoms with Crippen LogP contribution in [-0.2, 0) is 22.3 Å². The predicted molar refractivity (Wildman–Crippen MR) is 102 cm³/mol. The third-order valence-electron chi connectivity index (χ3n) is 5.23. The van der Waals surface area contributed by atoms with Crippen molar-refractivity contribution in [2.75, 3.05) is 32.8 Å². The summed E-state index contributed by atoms with van der Waals surface area (Å²) in [6.45, 7) is 4.38. The van der Waals surface area contributed by atoms with Crippen molar-refractivity contribution in [3.63, 3.8) is 0 Å². The molecule has 0 aliphatic carbocycles. The van der Waals surface area contributed by atoms with Crippen molar-refractivity contribution in [1.82, 2.24) is 15.2 Å². The first-order valence-electron chi connectivity index (χ1n) is 9.98. The van der Waals surface area contributed by atoms with Crippen molar-refractivity contribution in [3.05, 3.63) is 41.5 Å². The lowest BCUT2D eigenvalue weighted by Crippen LogP contribution is -2.52. The highest BCUT2D eigenvalue weighted by Gasteiger charge is 2.40. The Labute approximate surface area is 188 Å². The number of hydrogen-bond donors (Lipinski definition) is 2. The fourth-order valence-corrected chi connectivity index (χ4v) is 3.65. The highest BCUT2D eigenvalue weighted by Crippen LogP contribution is 2.34. The maximum absolute atomic E-state index is 13.4. The van der Waals surface area contributed by atoms with E-state index in [1.807, 2.05) is 0 Å². The summed E-state index contributed by atoms with van der Waals surface area (Å²) < 4.78 is 95.1. The molecule has 7 nitrogen and oxygen atoms in total. The van der Waals surface area contributed by atoms with Gasteiger partial charge in [0.25, 0.3) is 0 Å². The van der Waals surface area contributed by atoms with Crippen LogP contribution in [0.3, 0.4) is 0 Å². The zero-order valence-electron chi connectivity index (χ0n) is 17.5. The number of rotatable bonds is 3. The van der Waals surface area contributed by atoms with E-state index in [9.17, 15) is 30.7 Å². The van der Waals surface area contributed by atoms with Crippen LogP contribution >= 0.6 is 0 Å². The Morgan fingerprint density at radius 1 is 1.24 bits per heavy atom. The van der Waals surface area contributed by atoms with Crippen LogP contribution in [0.4, 0.5) is 30.7 Å². The van der Waals surface area contributed by atoms with Gasteiger partial charge in [-0.3, -0.25) is 4.90 Å². The number of morpholine rings is 1. The highest BCUT2D eigenvalue weighted by molar-refractivity contribution is 5.73. The first kappa shape index (κ1) is 25.9. The lowest BCUT2D eigenvalue weighted by atomic mass is 10.0. The van der Waals surface area contributed by atoms with Crippen LogP contribution in [0, 0.1) is 5.82 Å². The Kier molecular flexibility index (Phi) is 7.53. The van der Waals surface area contributed by atoms with Gasteiger partial charge >= 0.3 is 18.3 Å². The minimum absolute atomic E-state index is 0.0426. The van der Waals surface area contributed by atoms with E-state index in [1.165, 1.54) is 12.3 Å². The average molecular weight is 499 g/mol. The quantitative estimate of drug-likeness (QED) is 0.623. The van der Waals surface area contributed by atoms with Crippen molar-refractivity contribution in [2.24, 2.45) is 0 Å². The molecule has 1 unspecified atom stereocenters. The molecule has 1 aromatic carbocycles. The van der Waals surface area contributed by atoms with E-state index in [0.29, 0.717) is 18.8 Å². The number of halogens is 7. The van der Waals surface area contributed by atoms with Crippen LogP contribution in [0.1, 0.15) is 17.7 Å². The summed E-state index contributed by atoms with van der Waals surface area (Å²) in [4.78, 5) is 15.4. The molecule has 3 heterocycles. The molecule has 4 rings (SSSR count). The predicted octanol–water partition coefficient (Wildman–Crippen LogP) is 3.70. The number of nitrogens with one attached hydrogen (secondary N) is 1. The van der Waals surface area contributed by atoms with E-state index in [-0.39, 0.29) is 17.1 Å². The molecule has 1 aromatic heterocycles. The summed E-state index contributed by atoms with van der Waals surface area (Å²) in [5.41, 5.74) is -0.800. The molecule has 188 valence electrons. The number of nitrogens with zero attached hydrogens (tertiary/aromatic N) is 2. The first-order chi connectivity index (χ1) is 15.8. The van der Waals surface area contributed by atoms with E-state index < -0.39 is 29.7 Å². The SMILES string of the molecule is Fc1ccc(-c2nc(CN3CCOC4(CCNC4)C3)co2)cc1C(F)(F)F.O=C(O)C(F)(F)F. The minimum atomic E-state index is -5.08. The Bertz CT molecular complexity index is 1000. The van der Waals surface area contributed by atoms with Crippen LogP contribution < -0.4 is 5.32 Å². The van der Waals surface area contributed by atoms with E-state index >= 15 is 0 Å². The molecular formula is C20H20F7N3O4. The van der Waals surface area contributed by atoms with Gasteiger partial charge in [0.1, 0.15) is 12.1 Å². The number of hydrogen-bond acceptors (Lipinski definition) is 6. The number of carboxylic acid groups (broad SMARTS) is 1. The van der Waals surface area contributed by atoms with Crippen molar-refractivity contribution >= 4 is 5.97 Å². The summed E-state index contributed by atoms with van der Waals surface area (Å²) in [6, 6.07) is 2.73. The van der Waals surface area contributed by atoms with Gasteiger partial charge in [-0.2, -0.15) is 26.3 Å². The van der Waals surface area contributed by atoms with Gasteiger partial charge in [-0.25, -0.2) is 14.2 Å². The molecule has 2 N–H and O–H groups in total. The Morgan fingerprint density at radius 3 is 2.53 bits per heavy atom. The standard InChI is InChI=1S/C18H19F4N3O2.C2HF3O2/c19-15-2-1-12(7-14(15)18(20,21)22)16-24-13(9-26-16)8-25-5-6-27-17(11-25)3-4-23-10-17;3-2(4,5)1(6)7/h1-2,7,9,23H,3-6,8,10-11H2;(H,6,7). The number of oxazole rings is 1. The second-order valence-electron chi connectivity index (χ2n) is 7.81. The fourth-order valence-electron chi connectivity index (χ4n) is 3.65. The van der Waals surface area contributed by atoms with E-state index in [4.69, 9.17) is 19.1 Å². The van der Waals surface area contributed by atoms with Crippen LogP contribution in [-0.4, -0.2) is 65.5 Å². The number of alkyl halides is 6. The first-order valence-corrected chi connectivity index (χ1v) is 9.98. The van der Waals surface area contributed by atoms with Crippen LogP contribution in [0.5, 0.6) is 0 Å². The van der Waals surface area contributed by atoms with Gasteiger partial charge < -0.3 is 19.6 Å². The molecule has 1 spiro atoms. The van der Waals surface area contributed by atoms with Crippen LogP contribution in [0.25, 0.3) is 11.5 Å². The normalized spacial score (nSPS) is 21.4. The van der Waals surface area contributed by atoms with Crippen LogP contribution in [0.2, 0.25) is 0 Å². The van der Waals surface area contributed by atoms with E-state index in [0.717, 1.165) is 44.7 Å². The zero-order chi connectivity index (χ0) is 25.1. The Hall–Kier alpha value is -2.71. The minimum Gasteiger partial charge on any atom is -0.475 e. The number of carbonyl (C=O) groups is 1. The topological polar surface area (TPSA) is 87.8 Å². The summed E-state index contributed by atoms with van der Waals surface area (Å²) in [5, 5.41) is 10.4. The van der Waals surface area contributed by atoms with Gasteiger partial charge in [0, 0.05) is 31.7 Å². The lowest BCUT2D eigenvalue weighted by molar-refractivity contribution is -0.192. The van der Waals surface area contributed by atoms with Crippen molar-refractivity contribution in [2.45, 2.75) is 30.9 Å². The van der Waals surface area contributed by atoms with Gasteiger partial charge in [0.2, 0.25) is 5.89 Å². The summed E-state index contributed by atoms with van der Waals surface area (Å²) in [7, 11) is 0. The number of aromatic nitrogens is 1. The van der Waals surface area contributed by atoms with Crippen molar-refractivity contribution < 1.29 is 49.8 Å². The summed E-state index contributed by atoms with van der Waals surface area (Å²) in [6.07, 6.45) is -7.47. The molecule has 2 aliphatic rings. The molecule has 2 aromatic rings. The lowest BCUT2D eigenvalue weighted by Gasteiger charge is -2.39. The number of benzene rings is 1. The molecule has 0 amide bonds. The molecule has 0 saturated carbocycles. The van der Waals surface area contributed by atoms with E-state index in [1.54, 1.807) is 0 Å². The number of aliphatic carboxylic acids is 1. The molecule has 2 aliphatic heterocycles. The molecule has 0 radical (unpaired) electrons. The molecule has 34 heavy (non-hydrogen) atoms. The van der Waals surface area contributed by atoms with Gasteiger partial charge in [-0.05, 0) is 31.2 Å². The maximum Gasteiger partial charge on any atom is 0.490 e. The third kappa shape index (κ3) is 6.45. The van der Waals surface area contributed by atoms with Gasteiger partial charge in [-0.1, -0.05) is 0 Å². The average Bonchev–Trinajstić information content (AvgIpc) is 3.37. The molecular weight excluding hydrogens is 479 g/mol. The van der Waals surface area contributed by atoms with Gasteiger partial charge in [0.05, 0.1) is 23.5 Å². The van der Waals surface area contributed by atoms with Gasteiger partial charge in [-0.15, -0.1) is 0 Å². The Morgan fingerprint density at radius 2 is 1.94 bits per heavy atom. The second kappa shape index (κ2) is 9.88.